The number of nitrogens with zero attached hydrogens (tertiary/aromatic N) is 2. The van der Waals surface area contributed by atoms with E-state index < -0.39 is 0 Å². The van der Waals surface area contributed by atoms with Crippen molar-refractivity contribution in [3.63, 3.8) is 0 Å². The van der Waals surface area contributed by atoms with Gasteiger partial charge < -0.3 is 19.4 Å². The Bertz CT molecular complexity index is 1170. The third-order valence-electron chi connectivity index (χ3n) is 6.59. The summed E-state index contributed by atoms with van der Waals surface area (Å²) in [5, 5.41) is 3.26. The molecule has 4 heterocycles. The summed E-state index contributed by atoms with van der Waals surface area (Å²) >= 11 is 0. The zero-order chi connectivity index (χ0) is 20.5. The predicted octanol–water partition coefficient (Wildman–Crippen LogP) is 3.09. The first-order valence-electron chi connectivity index (χ1n) is 10.3. The van der Waals surface area contributed by atoms with Crippen molar-refractivity contribution in [2.75, 3.05) is 27.2 Å². The van der Waals surface area contributed by atoms with Crippen LogP contribution in [-0.2, 0) is 19.3 Å². The van der Waals surface area contributed by atoms with Crippen LogP contribution in [-0.4, -0.2) is 48.6 Å². The van der Waals surface area contributed by atoms with Crippen molar-refractivity contribution in [2.45, 2.75) is 24.8 Å². The van der Waals surface area contributed by atoms with Gasteiger partial charge in [-0.2, -0.15) is 0 Å². The Morgan fingerprint density at radius 1 is 1.20 bits per heavy atom. The standard InChI is InChI=1S/C24H23N3O3/c1-27-12-24(13-27)10-20-21(23(28)26-24)17-8-5-15-11-25-19(9-18(15)22(17)30-20)14-3-6-16(29-2)7-4-14/h3-4,6-7,9,11H,5,8,10,12-13H2,1-2H3,(H,26,28). The number of carbonyl (C=O) groups is 1. The molecule has 30 heavy (non-hydrogen) atoms. The van der Waals surface area contributed by atoms with Gasteiger partial charge in [0.25, 0.3) is 5.91 Å². The number of likely N-dealkylation sites (N-methyl/N-ethyl adjacent to an activating group) is 1. The Labute approximate surface area is 174 Å². The molecule has 152 valence electrons. The van der Waals surface area contributed by atoms with E-state index in [1.807, 2.05) is 30.5 Å². The summed E-state index contributed by atoms with van der Waals surface area (Å²) in [5.41, 5.74) is 5.78. The number of ether oxygens (including phenoxy) is 1. The fraction of sp³-hybridized carbons (Fsp3) is 0.333. The molecule has 3 aliphatic rings. The average molecular weight is 401 g/mol. The third-order valence-corrected chi connectivity index (χ3v) is 6.59. The number of fused-ring (bicyclic) bond motifs is 5. The van der Waals surface area contributed by atoms with E-state index in [9.17, 15) is 4.79 Å². The molecule has 1 N–H and O–H groups in total. The van der Waals surface area contributed by atoms with Gasteiger partial charge in [0, 0.05) is 42.4 Å². The van der Waals surface area contributed by atoms with Crippen LogP contribution in [0.25, 0.3) is 22.6 Å². The van der Waals surface area contributed by atoms with Crippen molar-refractivity contribution in [1.29, 1.82) is 0 Å². The molecular formula is C24H23N3O3. The summed E-state index contributed by atoms with van der Waals surface area (Å²) in [6.45, 7) is 1.73. The maximum Gasteiger partial charge on any atom is 0.255 e. The minimum atomic E-state index is -0.172. The lowest BCUT2D eigenvalue weighted by molar-refractivity contribution is 0.0451. The zero-order valence-electron chi connectivity index (χ0n) is 17.1. The summed E-state index contributed by atoms with van der Waals surface area (Å²) in [6.07, 6.45) is 4.38. The summed E-state index contributed by atoms with van der Waals surface area (Å²) in [7, 11) is 3.73. The van der Waals surface area contributed by atoms with Gasteiger partial charge in [-0.25, -0.2) is 0 Å². The number of hydrogen-bond donors (Lipinski definition) is 1. The van der Waals surface area contributed by atoms with Crippen LogP contribution in [0, 0.1) is 0 Å². The summed E-state index contributed by atoms with van der Waals surface area (Å²) in [6, 6.07) is 9.98. The fourth-order valence-corrected chi connectivity index (χ4v) is 5.27. The number of hydrogen-bond acceptors (Lipinski definition) is 5. The molecule has 1 saturated heterocycles. The largest absolute Gasteiger partial charge is 0.497 e. The van der Waals surface area contributed by atoms with E-state index in [0.717, 1.165) is 77.6 Å². The first kappa shape index (κ1) is 17.7. The Hall–Kier alpha value is -3.12. The molecule has 2 aliphatic heterocycles. The normalized spacial score (nSPS) is 18.8. The van der Waals surface area contributed by atoms with Crippen molar-refractivity contribution in [1.82, 2.24) is 15.2 Å². The molecule has 3 aromatic rings. The SMILES string of the molecule is COc1ccc(-c2cc3c(cn2)CCc2c-3oc3c2C(=O)NC2(C3)CN(C)C2)cc1. The van der Waals surface area contributed by atoms with Gasteiger partial charge in [0.15, 0.2) is 0 Å². The van der Waals surface area contributed by atoms with Crippen molar-refractivity contribution < 1.29 is 13.9 Å². The number of nitrogens with one attached hydrogen (secondary N) is 1. The number of aryl methyl sites for hydroxylation is 1. The van der Waals surface area contributed by atoms with Crippen LogP contribution in [0.5, 0.6) is 5.75 Å². The lowest BCUT2D eigenvalue weighted by Crippen LogP contribution is -2.71. The molecule has 6 heteroatoms. The zero-order valence-corrected chi connectivity index (χ0v) is 17.1. The summed E-state index contributed by atoms with van der Waals surface area (Å²) in [5.74, 6) is 2.52. The molecule has 1 aromatic carbocycles. The van der Waals surface area contributed by atoms with E-state index in [4.69, 9.17) is 9.15 Å². The van der Waals surface area contributed by atoms with Crippen LogP contribution in [0.1, 0.15) is 27.2 Å². The Morgan fingerprint density at radius 2 is 2.00 bits per heavy atom. The van der Waals surface area contributed by atoms with E-state index in [0.29, 0.717) is 0 Å². The third kappa shape index (κ3) is 2.53. The van der Waals surface area contributed by atoms with Gasteiger partial charge in [-0.3, -0.25) is 9.78 Å². The molecule has 1 fully saturated rings. The van der Waals surface area contributed by atoms with Gasteiger partial charge in [0.1, 0.15) is 17.3 Å². The van der Waals surface area contributed by atoms with Crippen molar-refractivity contribution in [2.24, 2.45) is 0 Å². The lowest BCUT2D eigenvalue weighted by atomic mass is 9.80. The highest BCUT2D eigenvalue weighted by Crippen LogP contribution is 2.43. The number of pyridine rings is 1. The Morgan fingerprint density at radius 3 is 2.73 bits per heavy atom. The summed E-state index contributed by atoms with van der Waals surface area (Å²) < 4.78 is 11.7. The Kier molecular flexibility index (Phi) is 3.65. The molecule has 0 saturated carbocycles. The van der Waals surface area contributed by atoms with Crippen LogP contribution in [0.15, 0.2) is 40.9 Å². The first-order chi connectivity index (χ1) is 14.5. The molecule has 0 radical (unpaired) electrons. The number of rotatable bonds is 2. The molecular weight excluding hydrogens is 378 g/mol. The van der Waals surface area contributed by atoms with Crippen LogP contribution in [0.3, 0.4) is 0 Å². The second kappa shape index (κ2) is 6.19. The van der Waals surface area contributed by atoms with E-state index >= 15 is 0 Å². The molecule has 0 bridgehead atoms. The lowest BCUT2D eigenvalue weighted by Gasteiger charge is -2.50. The number of carbonyl (C=O) groups excluding carboxylic acids is 1. The predicted molar refractivity (Wildman–Crippen MR) is 113 cm³/mol. The van der Waals surface area contributed by atoms with E-state index in [2.05, 4.69) is 28.3 Å². The number of methoxy groups -OCH3 is 1. The number of furan rings is 1. The van der Waals surface area contributed by atoms with Gasteiger partial charge in [-0.05, 0) is 55.8 Å². The number of aromatic nitrogens is 1. The number of amides is 1. The van der Waals surface area contributed by atoms with Gasteiger partial charge in [0.05, 0.1) is 23.9 Å². The molecule has 2 aromatic heterocycles. The summed E-state index contributed by atoms with van der Waals surface area (Å²) in [4.78, 5) is 19.9. The van der Waals surface area contributed by atoms with Crippen LogP contribution in [0.4, 0.5) is 0 Å². The second-order valence-electron chi connectivity index (χ2n) is 8.75. The Balaban J connectivity index is 1.42. The van der Waals surface area contributed by atoms with Gasteiger partial charge in [-0.15, -0.1) is 0 Å². The van der Waals surface area contributed by atoms with E-state index in [1.165, 1.54) is 5.56 Å². The molecule has 0 unspecified atom stereocenters. The monoisotopic (exact) mass is 401 g/mol. The highest BCUT2D eigenvalue weighted by atomic mass is 16.5. The van der Waals surface area contributed by atoms with E-state index in [-0.39, 0.29) is 11.4 Å². The number of likely N-dealkylation sites (tertiary alicyclic amines) is 1. The smallest absolute Gasteiger partial charge is 0.255 e. The molecule has 1 aliphatic carbocycles. The minimum Gasteiger partial charge on any atom is -0.497 e. The van der Waals surface area contributed by atoms with Crippen molar-refractivity contribution >= 4 is 5.91 Å². The molecule has 0 atom stereocenters. The van der Waals surface area contributed by atoms with Gasteiger partial charge in [0.2, 0.25) is 0 Å². The highest BCUT2D eigenvalue weighted by Gasteiger charge is 2.48. The van der Waals surface area contributed by atoms with Gasteiger partial charge >= 0.3 is 0 Å². The molecule has 1 spiro atoms. The van der Waals surface area contributed by atoms with Gasteiger partial charge in [-0.1, -0.05) is 0 Å². The average Bonchev–Trinajstić information content (AvgIpc) is 3.11. The molecule has 6 nitrogen and oxygen atoms in total. The van der Waals surface area contributed by atoms with E-state index in [1.54, 1.807) is 7.11 Å². The topological polar surface area (TPSA) is 67.6 Å². The molecule has 6 rings (SSSR count). The minimum absolute atomic E-state index is 0.0160. The first-order valence-corrected chi connectivity index (χ1v) is 10.3. The van der Waals surface area contributed by atoms with Crippen LogP contribution < -0.4 is 10.1 Å². The van der Waals surface area contributed by atoms with Crippen LogP contribution >= 0.6 is 0 Å². The van der Waals surface area contributed by atoms with Crippen LogP contribution in [0.2, 0.25) is 0 Å². The number of benzene rings is 1. The highest BCUT2D eigenvalue weighted by molar-refractivity contribution is 6.00. The second-order valence-corrected chi connectivity index (χ2v) is 8.75. The van der Waals surface area contributed by atoms with Crippen molar-refractivity contribution in [3.05, 3.63) is 59.0 Å². The fourth-order valence-electron chi connectivity index (χ4n) is 5.27. The molecule has 1 amide bonds. The maximum absolute atomic E-state index is 13.0. The quantitative estimate of drug-likeness (QED) is 0.715. The maximum atomic E-state index is 13.0. The van der Waals surface area contributed by atoms with Crippen molar-refractivity contribution in [3.8, 4) is 28.3 Å².